The van der Waals surface area contributed by atoms with E-state index in [0.717, 1.165) is 207 Å². The van der Waals surface area contributed by atoms with Crippen LogP contribution in [0.3, 0.4) is 0 Å². The molecule has 128 heavy (non-hydrogen) atoms. The molecule has 1 heterocycles. The number of allylic oxidation sites excluding steroid dienone is 10. The summed E-state index contributed by atoms with van der Waals surface area (Å²) in [5.41, 5.74) is 14.8. The number of esters is 3. The number of rotatable bonds is 33. The van der Waals surface area contributed by atoms with Crippen LogP contribution in [0.1, 0.15) is 371 Å². The van der Waals surface area contributed by atoms with Crippen LogP contribution in [-0.2, 0) is 55.0 Å². The minimum atomic E-state index is -0.316. The van der Waals surface area contributed by atoms with Crippen LogP contribution in [0.25, 0.3) is 0 Å². The fourth-order valence-corrected chi connectivity index (χ4v) is 23.7. The number of benzene rings is 4. The molecule has 16 nitrogen and oxygen atoms in total. The van der Waals surface area contributed by atoms with Gasteiger partial charge < -0.3 is 64.9 Å². The van der Waals surface area contributed by atoms with Gasteiger partial charge in [0.15, 0.2) is 0 Å². The molecule has 4 bridgehead atoms. The zero-order valence-electron chi connectivity index (χ0n) is 77.9. The molecular weight excluding hydrogens is 1600 g/mol. The Morgan fingerprint density at radius 3 is 1.00 bits per heavy atom. The van der Waals surface area contributed by atoms with Gasteiger partial charge in [0, 0.05) is 85.3 Å². The summed E-state index contributed by atoms with van der Waals surface area (Å²) < 4.78 is 21.3. The van der Waals surface area contributed by atoms with Crippen molar-refractivity contribution < 1.29 is 79.3 Å². The normalized spacial score (nSPS) is 25.4. The Hall–Kier alpha value is -8.73. The van der Waals surface area contributed by atoms with Crippen molar-refractivity contribution in [3.05, 3.63) is 200 Å². The van der Waals surface area contributed by atoms with Crippen LogP contribution < -0.4 is 0 Å². The van der Waals surface area contributed by atoms with Crippen LogP contribution in [0.15, 0.2) is 156 Å². The molecule has 7 fully saturated rings. The van der Waals surface area contributed by atoms with E-state index >= 15 is 0 Å². The van der Waals surface area contributed by atoms with Crippen LogP contribution >= 0.6 is 0 Å². The molecular formula is C112H160O16. The summed E-state index contributed by atoms with van der Waals surface area (Å²) >= 11 is 0. The standard InChI is InChI=1S/C29H40O5.C28H36O4.C28H40O4.C25H36O3.2CH4/c1-5-6-7-8-11-29(12-14-33-15-13-29)23-17-26(31)28(27(32)18-23)25-16-22(19-34-21(4)30)9-10-24(25)20(2)3;1-16(2)23-5-4-18(15-32-17(3)29)9-24(23)27-25(30)10-22(11-26(27)31)28-12-19-6-20(13-28)8-21(7-19)14-28;1-5-6-7-8-12-28(13-9-14-28)22-16-25(30)27(26(31)17-22)24-15-21(18-32-20(4)29)10-11-23(24)19(2)3;1-4-5-6-7-10-25(11-12-25)19-14-22(27)24(23(28)15-19)21-13-18(16-26)8-9-20(21)17(2)3;;/h8,11,16-18,24-25,31-32H,2,5-7,9-10,12-15,19H2,1,3-4H3;9-11,19-21,23-24,30-31H,1,4-8,12-15H2,2-3H3;15-17,23-24,30-31H,2,5-14,18H2,1,3-4H3;13-15,20-21,26-28H,2,4-12,16H2,1,3H3;2*1H4/b11-8-;;;;;/t24-,25+;19?,20?,21?,23-,24+,28?;23-,24+;20-,21+;;/m1111../s1. The van der Waals surface area contributed by atoms with Gasteiger partial charge >= 0.3 is 17.9 Å². The molecule has 0 aromatic heterocycles. The summed E-state index contributed by atoms with van der Waals surface area (Å²) in [6.07, 6.45) is 49.9. The number of phenols is 8. The highest BCUT2D eigenvalue weighted by Crippen LogP contribution is 2.63. The first-order chi connectivity index (χ1) is 60.2. The number of aliphatic hydroxyl groups excluding tert-OH is 1. The van der Waals surface area contributed by atoms with E-state index in [1.54, 1.807) is 0 Å². The predicted octanol–water partition coefficient (Wildman–Crippen LogP) is 27.0. The van der Waals surface area contributed by atoms with Crippen molar-refractivity contribution in [3.8, 4) is 46.0 Å². The van der Waals surface area contributed by atoms with Crippen LogP contribution in [0.2, 0.25) is 0 Å². The first-order valence-electron chi connectivity index (χ1n) is 48.1. The Morgan fingerprint density at radius 2 is 0.711 bits per heavy atom. The summed E-state index contributed by atoms with van der Waals surface area (Å²) in [4.78, 5) is 33.8. The van der Waals surface area contributed by atoms with Crippen LogP contribution in [0, 0.1) is 41.4 Å². The third kappa shape index (κ3) is 25.1. The number of unbranched alkanes of at least 4 members (excludes halogenated alkanes) is 8. The van der Waals surface area contributed by atoms with E-state index in [-0.39, 0.29) is 174 Å². The van der Waals surface area contributed by atoms with E-state index in [1.807, 2.05) is 88.4 Å². The molecule has 10 aliphatic carbocycles. The Balaban J connectivity index is 0.000000192. The Morgan fingerprint density at radius 1 is 0.406 bits per heavy atom. The second-order valence-corrected chi connectivity index (χ2v) is 40.1. The highest BCUT2D eigenvalue weighted by molar-refractivity contribution is 5.67. The van der Waals surface area contributed by atoms with Gasteiger partial charge in [0.25, 0.3) is 0 Å². The van der Waals surface area contributed by atoms with Gasteiger partial charge in [0.05, 0.1) is 6.61 Å². The molecule has 8 atom stereocenters. The molecule has 0 spiro atoms. The summed E-state index contributed by atoms with van der Waals surface area (Å²) in [7, 11) is 0. The van der Waals surface area contributed by atoms with Gasteiger partial charge in [-0.1, -0.05) is 191 Å². The first kappa shape index (κ1) is 103. The van der Waals surface area contributed by atoms with Crippen molar-refractivity contribution in [2.75, 3.05) is 39.6 Å². The van der Waals surface area contributed by atoms with Gasteiger partial charge in [-0.25, -0.2) is 0 Å². The summed E-state index contributed by atoms with van der Waals surface area (Å²) in [5, 5.41) is 98.5. The fraction of sp³-hybridized carbons (Fsp3) is 0.598. The van der Waals surface area contributed by atoms with Crippen LogP contribution in [-0.4, -0.2) is 104 Å². The maximum atomic E-state index is 11.3. The molecule has 1 saturated heterocycles. The van der Waals surface area contributed by atoms with Crippen LogP contribution in [0.4, 0.5) is 0 Å². The van der Waals surface area contributed by atoms with Gasteiger partial charge in [-0.05, 0) is 326 Å². The third-order valence-corrected chi connectivity index (χ3v) is 30.7. The summed E-state index contributed by atoms with van der Waals surface area (Å²) in [6, 6.07) is 15.1. The number of hydrogen-bond acceptors (Lipinski definition) is 16. The number of phenolic OH excluding ortho intramolecular Hbond substituents is 8. The molecule has 4 aromatic carbocycles. The van der Waals surface area contributed by atoms with Gasteiger partial charge in [-0.3, -0.25) is 14.4 Å². The molecule has 0 amide bonds. The highest BCUT2D eigenvalue weighted by Gasteiger charge is 2.53. The second kappa shape index (κ2) is 46.4. The molecule has 9 N–H and O–H groups in total. The minimum Gasteiger partial charge on any atom is -0.507 e. The smallest absolute Gasteiger partial charge is 0.302 e. The molecule has 15 rings (SSSR count). The molecule has 0 radical (unpaired) electrons. The lowest BCUT2D eigenvalue weighted by Crippen LogP contribution is -2.48. The van der Waals surface area contributed by atoms with Crippen LogP contribution in [0.5, 0.6) is 46.0 Å². The quantitative estimate of drug-likeness (QED) is 0.00928. The number of aliphatic hydroxyl groups is 1. The average Bonchev–Trinajstić information content (AvgIpc) is 0.853. The second-order valence-electron chi connectivity index (χ2n) is 40.1. The Kier molecular flexibility index (Phi) is 37.3. The zero-order valence-corrected chi connectivity index (χ0v) is 77.9. The molecule has 0 unspecified atom stereocenters. The lowest BCUT2D eigenvalue weighted by Gasteiger charge is -2.57. The zero-order chi connectivity index (χ0) is 91.0. The third-order valence-electron chi connectivity index (χ3n) is 30.7. The number of hydrogen-bond donors (Lipinski definition) is 9. The summed E-state index contributed by atoms with van der Waals surface area (Å²) in [6.45, 7) is 37.6. The van der Waals surface area contributed by atoms with Gasteiger partial charge in [0.1, 0.15) is 65.8 Å². The minimum absolute atomic E-state index is 0. The number of ether oxygens (including phenoxy) is 4. The van der Waals surface area contributed by atoms with E-state index in [4.69, 9.17) is 18.9 Å². The molecule has 1 aliphatic heterocycles. The number of carbonyl (C=O) groups is 3. The lowest BCUT2D eigenvalue weighted by molar-refractivity contribution is -0.141. The molecule has 16 heteroatoms. The van der Waals surface area contributed by atoms with Crippen molar-refractivity contribution in [1.82, 2.24) is 0 Å². The van der Waals surface area contributed by atoms with E-state index in [0.29, 0.717) is 35.5 Å². The molecule has 4 aromatic rings. The Bertz CT molecular complexity index is 4550. The van der Waals surface area contributed by atoms with E-state index < -0.39 is 0 Å². The van der Waals surface area contributed by atoms with Crippen molar-refractivity contribution >= 4 is 17.9 Å². The largest absolute Gasteiger partial charge is 0.507 e. The maximum Gasteiger partial charge on any atom is 0.302 e. The number of aromatic hydroxyl groups is 8. The maximum absolute atomic E-state index is 11.3. The first-order valence-corrected chi connectivity index (χ1v) is 48.1. The predicted molar refractivity (Wildman–Crippen MR) is 517 cm³/mol. The molecule has 11 aliphatic rings. The van der Waals surface area contributed by atoms with Crippen molar-refractivity contribution in [2.24, 2.45) is 41.4 Å². The van der Waals surface area contributed by atoms with Gasteiger partial charge in [-0.2, -0.15) is 0 Å². The van der Waals surface area contributed by atoms with E-state index in [1.165, 1.54) is 117 Å². The van der Waals surface area contributed by atoms with E-state index in [2.05, 4.69) is 71.4 Å². The van der Waals surface area contributed by atoms with E-state index in [9.17, 15) is 60.3 Å². The van der Waals surface area contributed by atoms with Gasteiger partial charge in [0.2, 0.25) is 0 Å². The van der Waals surface area contributed by atoms with Crippen molar-refractivity contribution in [2.45, 2.75) is 348 Å². The van der Waals surface area contributed by atoms with Gasteiger partial charge in [-0.15, -0.1) is 0 Å². The monoisotopic (exact) mass is 1760 g/mol. The topological polar surface area (TPSA) is 270 Å². The fourth-order valence-electron chi connectivity index (χ4n) is 23.7. The van der Waals surface area contributed by atoms with Crippen molar-refractivity contribution in [3.63, 3.8) is 0 Å². The lowest BCUT2D eigenvalue weighted by atomic mass is 9.48. The molecule has 704 valence electrons. The Labute approximate surface area is 768 Å². The molecule has 6 saturated carbocycles. The SMILES string of the molecule is C.C.C=C(C)[C@H]1CCC(CO)=C[C@@H]1c1c(O)cc(C2(CCCCCC)CC2)cc1O.C=C(C)[C@H]1CCC(COC(C)=O)=C[C@@H]1c1c(O)cc(C2(/C=C\CCCC)CCOCC2)cc1O.C=C(C)[C@H]1CCC(COC(C)=O)=C[C@@H]1c1c(O)cc(C2(CCCCCC)CCC2)cc1O.C=C(C)[C@H]1CCC(COC(C)=O)=C[C@@H]1c1c(O)cc(C23CC4CC(CC(C4)C2)C3)cc1O. The summed E-state index contributed by atoms with van der Waals surface area (Å²) in [5.74, 6) is 2.61. The highest BCUT2D eigenvalue weighted by atomic mass is 16.5. The number of carbonyl (C=O) groups excluding carboxylic acids is 3. The van der Waals surface area contributed by atoms with Crippen molar-refractivity contribution in [1.29, 1.82) is 0 Å². The average molecular weight is 1760 g/mol.